The molecule has 0 aliphatic carbocycles. The van der Waals surface area contributed by atoms with Crippen LogP contribution in [-0.4, -0.2) is 49.2 Å². The molecule has 0 amide bonds. The predicted molar refractivity (Wildman–Crippen MR) is 82.8 cm³/mol. The van der Waals surface area contributed by atoms with E-state index in [0.29, 0.717) is 6.04 Å². The first-order valence-electron chi connectivity index (χ1n) is 8.04. The van der Waals surface area contributed by atoms with Gasteiger partial charge in [0.05, 0.1) is 7.11 Å². The predicted octanol–water partition coefficient (Wildman–Crippen LogP) is 2.43. The fourth-order valence-corrected chi connectivity index (χ4v) is 3.39. The number of likely N-dealkylation sites (tertiary alicyclic amines) is 1. The molecule has 0 bridgehead atoms. The molecule has 1 heterocycles. The maximum atomic E-state index is 12.1. The Morgan fingerprint density at radius 1 is 1.50 bits per heavy atom. The molecule has 0 aromatic heterocycles. The van der Waals surface area contributed by atoms with Crippen LogP contribution in [0.15, 0.2) is 0 Å². The minimum atomic E-state index is -0.581. The summed E-state index contributed by atoms with van der Waals surface area (Å²) in [4.78, 5) is 14.6. The summed E-state index contributed by atoms with van der Waals surface area (Å²) in [6.07, 6.45) is 4.68. The van der Waals surface area contributed by atoms with Gasteiger partial charge in [-0.25, -0.2) is 0 Å². The second kappa shape index (κ2) is 7.99. The van der Waals surface area contributed by atoms with E-state index in [1.807, 2.05) is 13.8 Å². The van der Waals surface area contributed by atoms with E-state index in [4.69, 9.17) is 4.74 Å². The molecule has 118 valence electrons. The summed E-state index contributed by atoms with van der Waals surface area (Å²) < 4.78 is 4.98. The number of hydrogen-bond donors (Lipinski definition) is 1. The molecule has 1 N–H and O–H groups in total. The topological polar surface area (TPSA) is 41.6 Å². The van der Waals surface area contributed by atoms with Crippen LogP contribution in [0.4, 0.5) is 0 Å². The molecule has 0 aromatic carbocycles. The summed E-state index contributed by atoms with van der Waals surface area (Å²) in [5, 5.41) is 3.30. The first-order valence-corrected chi connectivity index (χ1v) is 8.04. The maximum Gasteiger partial charge on any atom is 0.325 e. The van der Waals surface area contributed by atoms with Crippen molar-refractivity contribution in [2.75, 3.05) is 26.7 Å². The van der Waals surface area contributed by atoms with Gasteiger partial charge in [-0.2, -0.15) is 0 Å². The maximum absolute atomic E-state index is 12.1. The van der Waals surface area contributed by atoms with Crippen molar-refractivity contribution in [3.05, 3.63) is 0 Å². The van der Waals surface area contributed by atoms with Gasteiger partial charge >= 0.3 is 5.97 Å². The Balaban J connectivity index is 2.65. The summed E-state index contributed by atoms with van der Waals surface area (Å²) in [6.45, 7) is 11.6. The first kappa shape index (κ1) is 17.4. The van der Waals surface area contributed by atoms with Gasteiger partial charge in [-0.15, -0.1) is 0 Å². The number of nitrogens with one attached hydrogen (secondary N) is 1. The Labute approximate surface area is 124 Å². The molecule has 1 aliphatic rings. The van der Waals surface area contributed by atoms with E-state index in [0.717, 1.165) is 25.4 Å². The van der Waals surface area contributed by atoms with Crippen molar-refractivity contribution in [2.24, 2.45) is 5.92 Å². The Morgan fingerprint density at radius 3 is 2.75 bits per heavy atom. The Kier molecular flexibility index (Phi) is 6.96. The van der Waals surface area contributed by atoms with E-state index in [-0.39, 0.29) is 5.97 Å². The van der Waals surface area contributed by atoms with Crippen LogP contribution in [0.5, 0.6) is 0 Å². The average Bonchev–Trinajstić information content (AvgIpc) is 2.46. The van der Waals surface area contributed by atoms with Gasteiger partial charge in [-0.1, -0.05) is 20.3 Å². The van der Waals surface area contributed by atoms with E-state index in [1.165, 1.54) is 32.9 Å². The van der Waals surface area contributed by atoms with Crippen molar-refractivity contribution >= 4 is 5.97 Å². The third-order valence-corrected chi connectivity index (χ3v) is 4.66. The van der Waals surface area contributed by atoms with E-state index in [9.17, 15) is 4.79 Å². The number of likely N-dealkylation sites (N-methyl/N-ethyl adjacent to an activating group) is 1. The standard InChI is InChI=1S/C16H32N2O2/c1-6-14-9-8-10-18(12-14)13(3)11-16(4,17-7-2)15(19)20-5/h13-14,17H,6-12H2,1-5H3. The van der Waals surface area contributed by atoms with Crippen LogP contribution < -0.4 is 5.32 Å². The van der Waals surface area contributed by atoms with Crippen molar-refractivity contribution in [2.45, 2.75) is 65.0 Å². The minimum Gasteiger partial charge on any atom is -0.468 e. The number of hydrogen-bond acceptors (Lipinski definition) is 4. The van der Waals surface area contributed by atoms with Crippen LogP contribution >= 0.6 is 0 Å². The lowest BCUT2D eigenvalue weighted by Crippen LogP contribution is -2.54. The first-order chi connectivity index (χ1) is 9.46. The highest BCUT2D eigenvalue weighted by Gasteiger charge is 2.37. The van der Waals surface area contributed by atoms with Crippen molar-refractivity contribution < 1.29 is 9.53 Å². The van der Waals surface area contributed by atoms with Crippen LogP contribution in [-0.2, 0) is 9.53 Å². The Morgan fingerprint density at radius 2 is 2.20 bits per heavy atom. The van der Waals surface area contributed by atoms with E-state index < -0.39 is 5.54 Å². The third-order valence-electron chi connectivity index (χ3n) is 4.66. The molecular weight excluding hydrogens is 252 g/mol. The van der Waals surface area contributed by atoms with Crippen LogP contribution in [0.3, 0.4) is 0 Å². The van der Waals surface area contributed by atoms with Crippen LogP contribution in [0, 0.1) is 5.92 Å². The highest BCUT2D eigenvalue weighted by molar-refractivity contribution is 5.80. The second-order valence-electron chi connectivity index (χ2n) is 6.32. The van der Waals surface area contributed by atoms with Crippen molar-refractivity contribution in [1.82, 2.24) is 10.2 Å². The molecule has 1 fully saturated rings. The number of rotatable bonds is 7. The number of nitrogens with zero attached hydrogens (tertiary/aromatic N) is 1. The molecule has 0 saturated carbocycles. The zero-order valence-corrected chi connectivity index (χ0v) is 13.9. The highest BCUT2D eigenvalue weighted by Crippen LogP contribution is 2.25. The molecule has 4 nitrogen and oxygen atoms in total. The van der Waals surface area contributed by atoms with E-state index in [1.54, 1.807) is 0 Å². The molecule has 3 unspecified atom stereocenters. The molecule has 3 atom stereocenters. The summed E-state index contributed by atoms with van der Waals surface area (Å²) in [5.41, 5.74) is -0.581. The largest absolute Gasteiger partial charge is 0.468 e. The van der Waals surface area contributed by atoms with Crippen LogP contribution in [0.2, 0.25) is 0 Å². The smallest absolute Gasteiger partial charge is 0.325 e. The number of ether oxygens (including phenoxy) is 1. The highest BCUT2D eigenvalue weighted by atomic mass is 16.5. The Hall–Kier alpha value is -0.610. The minimum absolute atomic E-state index is 0.157. The quantitative estimate of drug-likeness (QED) is 0.729. The molecule has 0 spiro atoms. The zero-order chi connectivity index (χ0) is 15.2. The normalized spacial score (nSPS) is 24.9. The fourth-order valence-electron chi connectivity index (χ4n) is 3.39. The van der Waals surface area contributed by atoms with Gasteiger partial charge in [0.1, 0.15) is 5.54 Å². The van der Waals surface area contributed by atoms with E-state index in [2.05, 4.69) is 24.1 Å². The van der Waals surface area contributed by atoms with Gasteiger partial charge in [0, 0.05) is 12.6 Å². The molecule has 0 aromatic rings. The second-order valence-corrected chi connectivity index (χ2v) is 6.32. The SMILES string of the molecule is CCNC(C)(CC(C)N1CCCC(CC)C1)C(=O)OC. The fraction of sp³-hybridized carbons (Fsp3) is 0.938. The molecule has 1 aliphatic heterocycles. The number of esters is 1. The molecular formula is C16H32N2O2. The van der Waals surface area contributed by atoms with E-state index >= 15 is 0 Å². The van der Waals surface area contributed by atoms with Gasteiger partial charge in [0.25, 0.3) is 0 Å². The number of carbonyl (C=O) groups is 1. The van der Waals surface area contributed by atoms with Crippen LogP contribution in [0.1, 0.15) is 53.4 Å². The van der Waals surface area contributed by atoms with Gasteiger partial charge in [-0.05, 0) is 52.1 Å². The average molecular weight is 284 g/mol. The van der Waals surface area contributed by atoms with Gasteiger partial charge < -0.3 is 15.0 Å². The third kappa shape index (κ3) is 4.45. The van der Waals surface area contributed by atoms with Gasteiger partial charge in [0.15, 0.2) is 0 Å². The lowest BCUT2D eigenvalue weighted by Gasteiger charge is -2.40. The molecule has 1 saturated heterocycles. The Bertz CT molecular complexity index is 309. The monoisotopic (exact) mass is 284 g/mol. The molecule has 1 rings (SSSR count). The summed E-state index contributed by atoms with van der Waals surface area (Å²) >= 11 is 0. The number of methoxy groups -OCH3 is 1. The van der Waals surface area contributed by atoms with Crippen molar-refractivity contribution in [3.8, 4) is 0 Å². The molecule has 20 heavy (non-hydrogen) atoms. The molecule has 0 radical (unpaired) electrons. The lowest BCUT2D eigenvalue weighted by molar-refractivity contribution is -0.148. The molecule has 4 heteroatoms. The van der Waals surface area contributed by atoms with Crippen LogP contribution in [0.25, 0.3) is 0 Å². The number of carbonyl (C=O) groups excluding carboxylic acids is 1. The van der Waals surface area contributed by atoms with Crippen molar-refractivity contribution in [1.29, 1.82) is 0 Å². The number of piperidine rings is 1. The summed E-state index contributed by atoms with van der Waals surface area (Å²) in [7, 11) is 1.47. The van der Waals surface area contributed by atoms with Crippen molar-refractivity contribution in [3.63, 3.8) is 0 Å². The summed E-state index contributed by atoms with van der Waals surface area (Å²) in [5.74, 6) is 0.657. The van der Waals surface area contributed by atoms with Gasteiger partial charge in [0.2, 0.25) is 0 Å². The summed E-state index contributed by atoms with van der Waals surface area (Å²) in [6, 6.07) is 0.396. The lowest BCUT2D eigenvalue weighted by atomic mass is 9.89. The zero-order valence-electron chi connectivity index (χ0n) is 13.9. The van der Waals surface area contributed by atoms with Gasteiger partial charge in [-0.3, -0.25) is 4.79 Å².